The molecule has 3 N–H and O–H groups in total. The highest BCUT2D eigenvalue weighted by molar-refractivity contribution is 7.92. The molecule has 1 unspecified atom stereocenters. The van der Waals surface area contributed by atoms with Crippen molar-refractivity contribution in [2.75, 3.05) is 11.3 Å². The first-order valence-electron chi connectivity index (χ1n) is 7.61. The van der Waals surface area contributed by atoms with Crippen LogP contribution in [0.25, 0.3) is 0 Å². The van der Waals surface area contributed by atoms with Crippen LogP contribution >= 0.6 is 0 Å². The van der Waals surface area contributed by atoms with Gasteiger partial charge in [0.25, 0.3) is 10.0 Å². The first-order chi connectivity index (χ1) is 11.0. The van der Waals surface area contributed by atoms with Crippen LogP contribution < -0.4 is 10.5 Å². The van der Waals surface area contributed by atoms with E-state index in [2.05, 4.69) is 4.72 Å². The topological polar surface area (TPSA) is 72.2 Å². The number of rotatable bonds is 4. The lowest BCUT2D eigenvalue weighted by Crippen LogP contribution is -2.19. The van der Waals surface area contributed by atoms with Gasteiger partial charge in [0.05, 0.1) is 4.90 Å². The van der Waals surface area contributed by atoms with Gasteiger partial charge in [-0.2, -0.15) is 0 Å². The van der Waals surface area contributed by atoms with Crippen molar-refractivity contribution in [2.24, 2.45) is 5.73 Å². The maximum Gasteiger partial charge on any atom is 0.261 e. The van der Waals surface area contributed by atoms with Crippen molar-refractivity contribution in [3.05, 3.63) is 59.4 Å². The average Bonchev–Trinajstić information content (AvgIpc) is 2.53. The highest BCUT2D eigenvalue weighted by atomic mass is 32.2. The monoisotopic (exact) mass is 334 g/mol. The third-order valence-corrected chi connectivity index (χ3v) is 5.60. The molecule has 3 rings (SSSR count). The van der Waals surface area contributed by atoms with Gasteiger partial charge in [-0.05, 0) is 73.2 Å². The van der Waals surface area contributed by atoms with Gasteiger partial charge in [-0.15, -0.1) is 0 Å². The summed E-state index contributed by atoms with van der Waals surface area (Å²) in [5.41, 5.74) is 8.62. The third-order valence-electron chi connectivity index (χ3n) is 4.22. The van der Waals surface area contributed by atoms with Gasteiger partial charge < -0.3 is 5.73 Å². The van der Waals surface area contributed by atoms with Crippen LogP contribution in [0.2, 0.25) is 0 Å². The normalized spacial score (nSPS) is 17.6. The van der Waals surface area contributed by atoms with Crippen LogP contribution in [0.15, 0.2) is 47.4 Å². The minimum Gasteiger partial charge on any atom is -0.330 e. The molecule has 0 bridgehead atoms. The molecule has 2 aromatic carbocycles. The Balaban J connectivity index is 1.89. The number of hydrogen-bond donors (Lipinski definition) is 2. The second-order valence-corrected chi connectivity index (χ2v) is 7.48. The molecule has 122 valence electrons. The Kier molecular flexibility index (Phi) is 4.37. The maximum absolute atomic E-state index is 13.2. The van der Waals surface area contributed by atoms with E-state index < -0.39 is 15.8 Å². The van der Waals surface area contributed by atoms with Crippen molar-refractivity contribution < 1.29 is 12.8 Å². The van der Waals surface area contributed by atoms with Crippen molar-refractivity contribution in [3.8, 4) is 0 Å². The number of nitrogens with two attached hydrogens (primary N) is 1. The van der Waals surface area contributed by atoms with E-state index in [1.165, 1.54) is 23.8 Å². The molecule has 0 spiro atoms. The summed E-state index contributed by atoms with van der Waals surface area (Å²) in [6, 6.07) is 10.5. The molecular weight excluding hydrogens is 315 g/mol. The van der Waals surface area contributed by atoms with E-state index in [1.54, 1.807) is 6.07 Å². The summed E-state index contributed by atoms with van der Waals surface area (Å²) in [6.45, 7) is 0.599. The Labute approximate surface area is 135 Å². The first kappa shape index (κ1) is 16.0. The van der Waals surface area contributed by atoms with Gasteiger partial charge in [-0.1, -0.05) is 12.1 Å². The lowest BCUT2D eigenvalue weighted by Gasteiger charge is -2.25. The van der Waals surface area contributed by atoms with E-state index in [0.29, 0.717) is 18.2 Å². The van der Waals surface area contributed by atoms with Crippen LogP contribution in [0, 0.1) is 5.82 Å². The predicted molar refractivity (Wildman–Crippen MR) is 88.4 cm³/mol. The molecular formula is C17H19FN2O2S. The van der Waals surface area contributed by atoms with E-state index in [4.69, 9.17) is 5.73 Å². The summed E-state index contributed by atoms with van der Waals surface area (Å²) < 4.78 is 40.4. The zero-order valence-corrected chi connectivity index (χ0v) is 13.4. The molecule has 2 aromatic rings. The van der Waals surface area contributed by atoms with Gasteiger partial charge in [-0.25, -0.2) is 12.8 Å². The number of fused-ring (bicyclic) bond motifs is 1. The Morgan fingerprint density at radius 3 is 2.78 bits per heavy atom. The summed E-state index contributed by atoms with van der Waals surface area (Å²) in [4.78, 5) is -0.0879. The van der Waals surface area contributed by atoms with E-state index >= 15 is 0 Å². The number of sulfonamides is 1. The molecule has 23 heavy (non-hydrogen) atoms. The largest absolute Gasteiger partial charge is 0.330 e. The quantitative estimate of drug-likeness (QED) is 0.903. The van der Waals surface area contributed by atoms with Crippen molar-refractivity contribution in [3.63, 3.8) is 0 Å². The van der Waals surface area contributed by atoms with Crippen molar-refractivity contribution in [2.45, 2.75) is 30.1 Å². The zero-order valence-electron chi connectivity index (χ0n) is 12.6. The van der Waals surface area contributed by atoms with Crippen LogP contribution in [-0.2, 0) is 16.4 Å². The highest BCUT2D eigenvalue weighted by Crippen LogP contribution is 2.33. The Morgan fingerprint density at radius 2 is 2.04 bits per heavy atom. The predicted octanol–water partition coefficient (Wildman–Crippen LogP) is 3.01. The van der Waals surface area contributed by atoms with Crippen LogP contribution in [0.1, 0.15) is 29.9 Å². The van der Waals surface area contributed by atoms with Crippen LogP contribution in [-0.4, -0.2) is 15.0 Å². The molecule has 0 saturated heterocycles. The summed E-state index contributed by atoms with van der Waals surface area (Å²) in [6.07, 6.45) is 3.04. The molecule has 0 aliphatic heterocycles. The Bertz CT molecular complexity index is 821. The van der Waals surface area contributed by atoms with Crippen molar-refractivity contribution in [1.82, 2.24) is 0 Å². The number of benzene rings is 2. The minimum absolute atomic E-state index is 0.0879. The van der Waals surface area contributed by atoms with Gasteiger partial charge in [0.1, 0.15) is 5.82 Å². The number of anilines is 1. The number of hydrogen-bond acceptors (Lipinski definition) is 3. The second kappa shape index (κ2) is 6.29. The fraction of sp³-hybridized carbons (Fsp3) is 0.294. The van der Waals surface area contributed by atoms with Crippen LogP contribution in [0.3, 0.4) is 0 Å². The fourth-order valence-corrected chi connectivity index (χ4v) is 4.15. The van der Waals surface area contributed by atoms with E-state index in [-0.39, 0.29) is 4.90 Å². The Morgan fingerprint density at radius 1 is 1.22 bits per heavy atom. The van der Waals surface area contributed by atoms with Gasteiger partial charge in [-0.3, -0.25) is 4.72 Å². The highest BCUT2D eigenvalue weighted by Gasteiger charge is 2.20. The molecule has 0 saturated carbocycles. The summed E-state index contributed by atoms with van der Waals surface area (Å²) in [7, 11) is -3.80. The summed E-state index contributed by atoms with van der Waals surface area (Å²) in [5, 5.41) is 0. The smallest absolute Gasteiger partial charge is 0.261 e. The lowest BCUT2D eigenvalue weighted by atomic mass is 9.83. The molecule has 0 aromatic heterocycles. The first-order valence-corrected chi connectivity index (χ1v) is 9.09. The maximum atomic E-state index is 13.2. The van der Waals surface area contributed by atoms with Crippen LogP contribution in [0.5, 0.6) is 0 Å². The second-order valence-electron chi connectivity index (χ2n) is 5.80. The zero-order chi connectivity index (χ0) is 16.4. The molecule has 1 aliphatic rings. The Hall–Kier alpha value is -1.92. The molecule has 4 nitrogen and oxygen atoms in total. The molecule has 0 radical (unpaired) electrons. The molecule has 6 heteroatoms. The minimum atomic E-state index is -3.80. The molecule has 1 atom stereocenters. The molecule has 0 amide bonds. The van der Waals surface area contributed by atoms with Crippen molar-refractivity contribution in [1.29, 1.82) is 0 Å². The number of nitrogens with one attached hydrogen (secondary N) is 1. The van der Waals surface area contributed by atoms with E-state index in [0.717, 1.165) is 30.9 Å². The number of halogens is 1. The van der Waals surface area contributed by atoms with Gasteiger partial charge in [0.2, 0.25) is 0 Å². The molecule has 0 fully saturated rings. The van der Waals surface area contributed by atoms with Gasteiger partial charge in [0, 0.05) is 5.69 Å². The average molecular weight is 334 g/mol. The SMILES string of the molecule is NCC1CCCc2cc(NS(=O)(=O)c3cccc(F)c3)ccc21. The lowest BCUT2D eigenvalue weighted by molar-refractivity contribution is 0.561. The standard InChI is InChI=1S/C17H19FN2O2S/c18-14-5-2-6-16(10-14)23(21,22)20-15-7-8-17-12(9-15)3-1-4-13(17)11-19/h2,5-10,13,20H,1,3-4,11,19H2. The van der Waals surface area contributed by atoms with E-state index in [9.17, 15) is 12.8 Å². The number of aryl methyl sites for hydroxylation is 1. The van der Waals surface area contributed by atoms with Crippen molar-refractivity contribution >= 4 is 15.7 Å². The fourth-order valence-electron chi connectivity index (χ4n) is 3.07. The molecule has 0 heterocycles. The molecule has 1 aliphatic carbocycles. The summed E-state index contributed by atoms with van der Waals surface area (Å²) in [5.74, 6) is -0.239. The van der Waals surface area contributed by atoms with Gasteiger partial charge in [0.15, 0.2) is 0 Å². The van der Waals surface area contributed by atoms with E-state index in [1.807, 2.05) is 12.1 Å². The summed E-state index contributed by atoms with van der Waals surface area (Å²) >= 11 is 0. The van der Waals surface area contributed by atoms with Gasteiger partial charge >= 0.3 is 0 Å². The third kappa shape index (κ3) is 3.38. The van der Waals surface area contributed by atoms with Crippen LogP contribution in [0.4, 0.5) is 10.1 Å².